The number of methoxy groups -OCH3 is 1. The van der Waals surface area contributed by atoms with E-state index in [1.807, 2.05) is 13.0 Å². The third-order valence-corrected chi connectivity index (χ3v) is 4.39. The number of hydrogen-bond acceptors (Lipinski definition) is 4. The van der Waals surface area contributed by atoms with Crippen LogP contribution in [0, 0.1) is 0 Å². The molecule has 1 amide bonds. The largest absolute Gasteiger partial charge is 0.468 e. The number of thioether (sulfide) groups is 1. The van der Waals surface area contributed by atoms with Gasteiger partial charge < -0.3 is 10.1 Å². The third kappa shape index (κ3) is 7.38. The predicted octanol–water partition coefficient (Wildman–Crippen LogP) is 3.34. The van der Waals surface area contributed by atoms with Gasteiger partial charge in [0.2, 0.25) is 5.91 Å². The molecule has 0 saturated carbocycles. The lowest BCUT2D eigenvalue weighted by Gasteiger charge is -2.15. The molecular weight excluding hydrogens is 345 g/mol. The second kappa shape index (κ2) is 9.98. The van der Waals surface area contributed by atoms with E-state index in [0.717, 1.165) is 5.56 Å². The number of esters is 1. The summed E-state index contributed by atoms with van der Waals surface area (Å²) >= 11 is 13.3. The van der Waals surface area contributed by atoms with E-state index in [4.69, 9.17) is 23.2 Å². The highest BCUT2D eigenvalue weighted by Gasteiger charge is 2.11. The molecule has 0 aromatic heterocycles. The van der Waals surface area contributed by atoms with Gasteiger partial charge in [-0.1, -0.05) is 29.3 Å². The van der Waals surface area contributed by atoms with Gasteiger partial charge in [0.05, 0.1) is 12.9 Å². The fourth-order valence-corrected chi connectivity index (χ4v) is 3.04. The minimum absolute atomic E-state index is 0.0308. The molecule has 0 aliphatic heterocycles. The monoisotopic (exact) mass is 363 g/mol. The molecule has 7 heteroatoms. The van der Waals surface area contributed by atoms with Gasteiger partial charge in [0.15, 0.2) is 0 Å². The number of ether oxygens (including phenoxy) is 1. The van der Waals surface area contributed by atoms with Gasteiger partial charge in [-0.05, 0) is 31.0 Å². The summed E-state index contributed by atoms with van der Waals surface area (Å²) in [7, 11) is 1.35. The maximum Gasteiger partial charge on any atom is 0.315 e. The van der Waals surface area contributed by atoms with Crippen molar-refractivity contribution in [2.75, 3.05) is 18.6 Å². The second-order valence-electron chi connectivity index (χ2n) is 4.79. The van der Waals surface area contributed by atoms with Crippen LogP contribution in [0.3, 0.4) is 0 Å². The summed E-state index contributed by atoms with van der Waals surface area (Å²) in [6.07, 6.45) is 0.997. The highest BCUT2D eigenvalue weighted by atomic mass is 35.5. The molecule has 0 aliphatic rings. The summed E-state index contributed by atoms with van der Waals surface area (Å²) in [5.74, 6) is 0.515. The maximum absolute atomic E-state index is 11.8. The Morgan fingerprint density at radius 1 is 1.36 bits per heavy atom. The first-order valence-electron chi connectivity index (χ1n) is 6.80. The number of nitrogens with one attached hydrogen (secondary N) is 1. The average Bonchev–Trinajstić information content (AvgIpc) is 2.46. The second-order valence-corrected chi connectivity index (χ2v) is 6.74. The molecule has 22 heavy (non-hydrogen) atoms. The van der Waals surface area contributed by atoms with E-state index in [9.17, 15) is 9.59 Å². The van der Waals surface area contributed by atoms with E-state index in [2.05, 4.69) is 10.1 Å². The Morgan fingerprint density at radius 3 is 2.73 bits per heavy atom. The number of rotatable bonds is 8. The SMILES string of the molecule is COC(=O)CSCCC(=O)NC(C)Cc1ccc(Cl)cc1Cl. The first-order chi connectivity index (χ1) is 10.4. The molecule has 0 saturated heterocycles. The van der Waals surface area contributed by atoms with E-state index < -0.39 is 0 Å². The van der Waals surface area contributed by atoms with E-state index >= 15 is 0 Å². The van der Waals surface area contributed by atoms with Crippen LogP contribution in [-0.4, -0.2) is 36.5 Å². The fourth-order valence-electron chi connectivity index (χ4n) is 1.79. The van der Waals surface area contributed by atoms with Gasteiger partial charge in [-0.3, -0.25) is 9.59 Å². The van der Waals surface area contributed by atoms with Crippen molar-refractivity contribution < 1.29 is 14.3 Å². The highest BCUT2D eigenvalue weighted by Crippen LogP contribution is 2.22. The zero-order chi connectivity index (χ0) is 16.5. The van der Waals surface area contributed by atoms with Gasteiger partial charge in [-0.25, -0.2) is 0 Å². The standard InChI is InChI=1S/C15H19Cl2NO3S/c1-10(7-11-3-4-12(16)8-13(11)17)18-14(19)5-6-22-9-15(20)21-2/h3-4,8,10H,5-7,9H2,1-2H3,(H,18,19). The van der Waals surface area contributed by atoms with Gasteiger partial charge in [0, 0.05) is 28.3 Å². The molecular formula is C15H19Cl2NO3S. The first kappa shape index (κ1) is 19.1. The van der Waals surface area contributed by atoms with Crippen LogP contribution >= 0.6 is 35.0 Å². The maximum atomic E-state index is 11.8. The average molecular weight is 364 g/mol. The van der Waals surface area contributed by atoms with Crippen molar-refractivity contribution in [3.05, 3.63) is 33.8 Å². The molecule has 1 N–H and O–H groups in total. The van der Waals surface area contributed by atoms with E-state index in [-0.39, 0.29) is 23.7 Å². The molecule has 1 unspecified atom stereocenters. The molecule has 0 heterocycles. The molecule has 1 rings (SSSR count). The zero-order valence-corrected chi connectivity index (χ0v) is 14.9. The summed E-state index contributed by atoms with van der Waals surface area (Å²) in [6.45, 7) is 1.92. The quantitative estimate of drug-likeness (QED) is 0.568. The number of carbonyl (C=O) groups is 2. The van der Waals surface area contributed by atoms with Crippen LogP contribution in [0.15, 0.2) is 18.2 Å². The molecule has 1 aromatic carbocycles. The van der Waals surface area contributed by atoms with E-state index in [1.165, 1.54) is 18.9 Å². The number of hydrogen-bond donors (Lipinski definition) is 1. The van der Waals surface area contributed by atoms with Gasteiger partial charge >= 0.3 is 5.97 Å². The Labute approximate surface area is 144 Å². The van der Waals surface area contributed by atoms with Crippen molar-refractivity contribution in [3.8, 4) is 0 Å². The molecule has 0 aliphatic carbocycles. The fraction of sp³-hybridized carbons (Fsp3) is 0.467. The van der Waals surface area contributed by atoms with Gasteiger partial charge in [-0.2, -0.15) is 0 Å². The molecule has 1 aromatic rings. The Balaban J connectivity index is 2.30. The zero-order valence-electron chi connectivity index (χ0n) is 12.5. The molecule has 0 spiro atoms. The van der Waals surface area contributed by atoms with Crippen LogP contribution < -0.4 is 5.32 Å². The Morgan fingerprint density at radius 2 is 2.09 bits per heavy atom. The van der Waals surface area contributed by atoms with Crippen molar-refractivity contribution in [1.82, 2.24) is 5.32 Å². The molecule has 0 radical (unpaired) electrons. The summed E-state index contributed by atoms with van der Waals surface area (Å²) in [6, 6.07) is 5.30. The van der Waals surface area contributed by atoms with Crippen LogP contribution in [0.25, 0.3) is 0 Å². The molecule has 0 bridgehead atoms. The van der Waals surface area contributed by atoms with Crippen molar-refractivity contribution in [1.29, 1.82) is 0 Å². The first-order valence-corrected chi connectivity index (χ1v) is 8.71. The molecule has 0 fully saturated rings. The number of carbonyl (C=O) groups excluding carboxylic acids is 2. The molecule has 1 atom stereocenters. The van der Waals surface area contributed by atoms with Gasteiger partial charge in [0.25, 0.3) is 0 Å². The van der Waals surface area contributed by atoms with Crippen LogP contribution in [0.4, 0.5) is 0 Å². The number of benzene rings is 1. The van der Waals surface area contributed by atoms with Crippen molar-refractivity contribution in [3.63, 3.8) is 0 Å². The minimum Gasteiger partial charge on any atom is -0.468 e. The topological polar surface area (TPSA) is 55.4 Å². The van der Waals surface area contributed by atoms with Crippen molar-refractivity contribution in [2.24, 2.45) is 0 Å². The number of halogens is 2. The number of amides is 1. The minimum atomic E-state index is -0.281. The Bertz CT molecular complexity index is 526. The van der Waals surface area contributed by atoms with Crippen LogP contribution in [-0.2, 0) is 20.7 Å². The normalized spacial score (nSPS) is 11.8. The lowest BCUT2D eigenvalue weighted by atomic mass is 10.1. The van der Waals surface area contributed by atoms with Crippen LogP contribution in [0.2, 0.25) is 10.0 Å². The Hall–Kier alpha value is -0.910. The van der Waals surface area contributed by atoms with Crippen molar-refractivity contribution >= 4 is 46.8 Å². The summed E-state index contributed by atoms with van der Waals surface area (Å²) in [5, 5.41) is 4.10. The molecule has 122 valence electrons. The third-order valence-electron chi connectivity index (χ3n) is 2.87. The Kier molecular flexibility index (Phi) is 8.68. The lowest BCUT2D eigenvalue weighted by Crippen LogP contribution is -2.34. The van der Waals surface area contributed by atoms with Crippen molar-refractivity contribution in [2.45, 2.75) is 25.8 Å². The summed E-state index contributed by atoms with van der Waals surface area (Å²) in [4.78, 5) is 22.7. The van der Waals surface area contributed by atoms with Gasteiger partial charge in [-0.15, -0.1) is 11.8 Å². The van der Waals surface area contributed by atoms with E-state index in [0.29, 0.717) is 28.6 Å². The highest BCUT2D eigenvalue weighted by molar-refractivity contribution is 7.99. The van der Waals surface area contributed by atoms with Crippen LogP contribution in [0.1, 0.15) is 18.9 Å². The lowest BCUT2D eigenvalue weighted by molar-refractivity contribution is -0.137. The van der Waals surface area contributed by atoms with E-state index in [1.54, 1.807) is 12.1 Å². The summed E-state index contributed by atoms with van der Waals surface area (Å²) < 4.78 is 4.53. The smallest absolute Gasteiger partial charge is 0.315 e. The van der Waals surface area contributed by atoms with Gasteiger partial charge in [0.1, 0.15) is 0 Å². The van der Waals surface area contributed by atoms with Crippen LogP contribution in [0.5, 0.6) is 0 Å². The summed E-state index contributed by atoms with van der Waals surface area (Å²) in [5.41, 5.74) is 0.943. The molecule has 4 nitrogen and oxygen atoms in total. The predicted molar refractivity (Wildman–Crippen MR) is 91.7 cm³/mol.